The van der Waals surface area contributed by atoms with E-state index in [2.05, 4.69) is 10.4 Å². The van der Waals surface area contributed by atoms with Crippen molar-refractivity contribution in [1.82, 2.24) is 14.2 Å². The van der Waals surface area contributed by atoms with E-state index in [9.17, 15) is 13.2 Å². The van der Waals surface area contributed by atoms with Gasteiger partial charge in [0.1, 0.15) is 0 Å². The fourth-order valence-corrected chi connectivity index (χ4v) is 3.58. The number of amides is 1. The van der Waals surface area contributed by atoms with Gasteiger partial charge < -0.3 is 5.32 Å². The van der Waals surface area contributed by atoms with Crippen molar-refractivity contribution >= 4 is 33.2 Å². The minimum absolute atomic E-state index is 0.00776. The van der Waals surface area contributed by atoms with Gasteiger partial charge in [0.05, 0.1) is 23.4 Å². The molecule has 0 aliphatic carbocycles. The lowest BCUT2D eigenvalue weighted by Gasteiger charge is -2.14. The summed E-state index contributed by atoms with van der Waals surface area (Å²) in [6, 6.07) is 12.3. The molecule has 10 heteroatoms. The molecule has 8 nitrogen and oxygen atoms in total. The topological polar surface area (TPSA) is 93.5 Å². The fraction of sp³-hybridized carbons (Fsp3) is 0.111. The predicted molar refractivity (Wildman–Crippen MR) is 105 cm³/mol. The average Bonchev–Trinajstić information content (AvgIpc) is 3.22. The Morgan fingerprint density at radius 3 is 2.54 bits per heavy atom. The fourth-order valence-electron chi connectivity index (χ4n) is 2.44. The molecule has 0 fully saturated rings. The van der Waals surface area contributed by atoms with Crippen molar-refractivity contribution in [2.24, 2.45) is 0 Å². The van der Waals surface area contributed by atoms with Gasteiger partial charge in [-0.15, -0.1) is 0 Å². The first kappa shape index (κ1) is 20.0. The Morgan fingerprint density at radius 1 is 1.21 bits per heavy atom. The maximum Gasteiger partial charge on any atom is 0.264 e. The van der Waals surface area contributed by atoms with Crippen LogP contribution in [-0.4, -0.2) is 42.7 Å². The zero-order chi connectivity index (χ0) is 20.3. The second-order valence-electron chi connectivity index (χ2n) is 5.69. The molecule has 0 saturated carbocycles. The van der Waals surface area contributed by atoms with Crippen LogP contribution in [0.3, 0.4) is 0 Å². The Balaban J connectivity index is 1.86. The Kier molecular flexibility index (Phi) is 5.80. The normalized spacial score (nSPS) is 11.6. The van der Waals surface area contributed by atoms with Gasteiger partial charge in [-0.1, -0.05) is 16.1 Å². The second-order valence-corrected chi connectivity index (χ2v) is 8.06. The van der Waals surface area contributed by atoms with E-state index in [0.29, 0.717) is 16.4 Å². The minimum Gasteiger partial charge on any atom is -0.320 e. The van der Waals surface area contributed by atoms with Crippen molar-refractivity contribution in [3.63, 3.8) is 0 Å². The molecule has 0 spiro atoms. The van der Waals surface area contributed by atoms with Gasteiger partial charge in [0.25, 0.3) is 15.9 Å². The summed E-state index contributed by atoms with van der Waals surface area (Å²) in [6.45, 7) is 0. The van der Waals surface area contributed by atoms with Gasteiger partial charge in [0, 0.05) is 30.0 Å². The third kappa shape index (κ3) is 4.07. The van der Waals surface area contributed by atoms with Crippen LogP contribution >= 0.6 is 11.6 Å². The first-order chi connectivity index (χ1) is 13.3. The highest BCUT2D eigenvalue weighted by atomic mass is 35.5. The average molecular weight is 421 g/mol. The first-order valence-electron chi connectivity index (χ1n) is 8.07. The molecule has 0 aliphatic heterocycles. The standard InChI is InChI=1S/C18H17ClN4O4S/c1-22(27-2)28(25,26)15-7-4-13(5-8-15)18(24)21-16-12-14(19)6-9-17(16)23-11-3-10-20-23/h3-12H,1-2H3,(H,21,24). The summed E-state index contributed by atoms with van der Waals surface area (Å²) in [7, 11) is -1.25. The molecule has 1 aromatic heterocycles. The van der Waals surface area contributed by atoms with Crippen LogP contribution in [-0.2, 0) is 14.9 Å². The smallest absolute Gasteiger partial charge is 0.264 e. The Morgan fingerprint density at radius 2 is 1.93 bits per heavy atom. The van der Waals surface area contributed by atoms with Crippen molar-refractivity contribution in [2.45, 2.75) is 4.90 Å². The van der Waals surface area contributed by atoms with Crippen molar-refractivity contribution in [3.05, 3.63) is 71.5 Å². The highest BCUT2D eigenvalue weighted by Crippen LogP contribution is 2.25. The van der Waals surface area contributed by atoms with Gasteiger partial charge in [-0.2, -0.15) is 5.10 Å². The number of halogens is 1. The van der Waals surface area contributed by atoms with E-state index in [1.807, 2.05) is 0 Å². The molecule has 146 valence electrons. The number of hydrogen-bond donors (Lipinski definition) is 1. The number of carbonyl (C=O) groups excluding carboxylic acids is 1. The largest absolute Gasteiger partial charge is 0.320 e. The summed E-state index contributed by atoms with van der Waals surface area (Å²) in [5, 5.41) is 7.39. The molecule has 28 heavy (non-hydrogen) atoms. The van der Waals surface area contributed by atoms with Crippen LogP contribution in [0, 0.1) is 0 Å². The number of benzene rings is 2. The van der Waals surface area contributed by atoms with Gasteiger partial charge >= 0.3 is 0 Å². The number of rotatable bonds is 6. The molecule has 3 aromatic rings. The van der Waals surface area contributed by atoms with Crippen molar-refractivity contribution < 1.29 is 18.0 Å². The number of carbonyl (C=O) groups is 1. The van der Waals surface area contributed by atoms with Crippen molar-refractivity contribution in [3.8, 4) is 5.69 Å². The van der Waals surface area contributed by atoms with Gasteiger partial charge in [-0.3, -0.25) is 9.63 Å². The summed E-state index contributed by atoms with van der Waals surface area (Å²) in [5.41, 5.74) is 1.39. The maximum atomic E-state index is 12.6. The highest BCUT2D eigenvalue weighted by molar-refractivity contribution is 7.89. The summed E-state index contributed by atoms with van der Waals surface area (Å²) < 4.78 is 26.8. The molecular formula is C18H17ClN4O4S. The SMILES string of the molecule is CON(C)S(=O)(=O)c1ccc(C(=O)Nc2cc(Cl)ccc2-n2cccn2)cc1. The molecule has 0 radical (unpaired) electrons. The summed E-state index contributed by atoms with van der Waals surface area (Å²) >= 11 is 6.06. The molecule has 1 amide bonds. The highest BCUT2D eigenvalue weighted by Gasteiger charge is 2.21. The number of hydroxylamine groups is 1. The lowest BCUT2D eigenvalue weighted by atomic mass is 10.2. The molecule has 1 heterocycles. The molecular weight excluding hydrogens is 404 g/mol. The lowest BCUT2D eigenvalue weighted by Crippen LogP contribution is -2.25. The molecule has 0 atom stereocenters. The van der Waals surface area contributed by atoms with Crippen LogP contribution in [0.25, 0.3) is 5.69 Å². The number of nitrogens with one attached hydrogen (secondary N) is 1. The van der Waals surface area contributed by atoms with Crippen LogP contribution in [0.5, 0.6) is 0 Å². The monoisotopic (exact) mass is 420 g/mol. The molecule has 0 aliphatic rings. The van der Waals surface area contributed by atoms with Crippen molar-refractivity contribution in [1.29, 1.82) is 0 Å². The molecule has 0 bridgehead atoms. The molecule has 3 rings (SSSR count). The number of hydrogen-bond acceptors (Lipinski definition) is 5. The second kappa shape index (κ2) is 8.11. The van der Waals surface area contributed by atoms with Crippen molar-refractivity contribution in [2.75, 3.05) is 19.5 Å². The van der Waals surface area contributed by atoms with Gasteiger partial charge in [0.15, 0.2) is 0 Å². The van der Waals surface area contributed by atoms with Crippen LogP contribution in [0.4, 0.5) is 5.69 Å². The number of anilines is 1. The van der Waals surface area contributed by atoms with E-state index in [1.165, 1.54) is 38.4 Å². The number of sulfonamides is 1. The minimum atomic E-state index is -3.78. The summed E-state index contributed by atoms with van der Waals surface area (Å²) in [6.07, 6.45) is 3.36. The maximum absolute atomic E-state index is 12.6. The van der Waals surface area contributed by atoms with E-state index < -0.39 is 15.9 Å². The van der Waals surface area contributed by atoms with E-state index in [1.54, 1.807) is 41.3 Å². The van der Waals surface area contributed by atoms with E-state index >= 15 is 0 Å². The molecule has 2 aromatic carbocycles. The third-order valence-electron chi connectivity index (χ3n) is 3.97. The van der Waals surface area contributed by atoms with E-state index in [0.717, 1.165) is 4.47 Å². The molecule has 0 unspecified atom stereocenters. The van der Waals surface area contributed by atoms with Gasteiger partial charge in [-0.25, -0.2) is 13.1 Å². The summed E-state index contributed by atoms with van der Waals surface area (Å²) in [4.78, 5) is 17.4. The Bertz CT molecular complexity index is 1080. The van der Waals surface area contributed by atoms with Gasteiger partial charge in [0.2, 0.25) is 0 Å². The Labute approximate surface area is 167 Å². The lowest BCUT2D eigenvalue weighted by molar-refractivity contribution is -0.0258. The number of aromatic nitrogens is 2. The van der Waals surface area contributed by atoms with Crippen LogP contribution < -0.4 is 5.32 Å². The quantitative estimate of drug-likeness (QED) is 0.619. The van der Waals surface area contributed by atoms with E-state index in [-0.39, 0.29) is 10.5 Å². The molecule has 0 saturated heterocycles. The van der Waals surface area contributed by atoms with Crippen LogP contribution in [0.15, 0.2) is 65.8 Å². The van der Waals surface area contributed by atoms with Gasteiger partial charge in [-0.05, 0) is 48.5 Å². The zero-order valence-corrected chi connectivity index (χ0v) is 16.6. The van der Waals surface area contributed by atoms with E-state index in [4.69, 9.17) is 16.4 Å². The third-order valence-corrected chi connectivity index (χ3v) is 5.90. The van der Waals surface area contributed by atoms with Crippen LogP contribution in [0.1, 0.15) is 10.4 Å². The predicted octanol–water partition coefficient (Wildman–Crippen LogP) is 2.96. The summed E-state index contributed by atoms with van der Waals surface area (Å²) in [5.74, 6) is -0.417. The first-order valence-corrected chi connectivity index (χ1v) is 9.89. The molecule has 1 N–H and O–H groups in total. The zero-order valence-electron chi connectivity index (χ0n) is 15.0. The number of nitrogens with zero attached hydrogens (tertiary/aromatic N) is 3. The Hall–Kier alpha value is -2.72. The van der Waals surface area contributed by atoms with Crippen LogP contribution in [0.2, 0.25) is 5.02 Å².